The van der Waals surface area contributed by atoms with E-state index in [-0.39, 0.29) is 41.4 Å². The molecule has 0 amide bonds. The van der Waals surface area contributed by atoms with Gasteiger partial charge in [0, 0.05) is 24.1 Å². The van der Waals surface area contributed by atoms with Gasteiger partial charge in [0.1, 0.15) is 0 Å². The van der Waals surface area contributed by atoms with Gasteiger partial charge in [-0.05, 0) is 12.8 Å². The Hall–Kier alpha value is -0.390. The summed E-state index contributed by atoms with van der Waals surface area (Å²) in [4.78, 5) is 10.2. The van der Waals surface area contributed by atoms with Crippen LogP contribution in [0.5, 0.6) is 0 Å². The topological polar surface area (TPSA) is 70.8 Å². The van der Waals surface area contributed by atoms with Crippen molar-refractivity contribution in [2.75, 3.05) is 0 Å². The van der Waals surface area contributed by atoms with Gasteiger partial charge in [-0.25, -0.2) is 0 Å². The van der Waals surface area contributed by atoms with E-state index in [1.807, 2.05) is 6.20 Å². The number of carbonyl (C=O) groups is 1. The van der Waals surface area contributed by atoms with Gasteiger partial charge in [-0.15, -0.1) is 5.10 Å². The molecule has 0 saturated carbocycles. The zero-order chi connectivity index (χ0) is 11.5. The van der Waals surface area contributed by atoms with Crippen molar-refractivity contribution in [3.05, 3.63) is 11.9 Å². The van der Waals surface area contributed by atoms with Crippen LogP contribution >= 0.6 is 0 Å². The van der Waals surface area contributed by atoms with Crippen LogP contribution in [0.15, 0.2) is 6.20 Å². The molecule has 0 N–H and O–H groups in total. The number of aryl methyl sites for hydroxylation is 1. The molecular formula is C10H16N3NaO2. The molecule has 0 fully saturated rings. The van der Waals surface area contributed by atoms with Gasteiger partial charge in [0.15, 0.2) is 0 Å². The molecule has 16 heavy (non-hydrogen) atoms. The Balaban J connectivity index is 0.00000225. The van der Waals surface area contributed by atoms with Crippen LogP contribution in [0.4, 0.5) is 0 Å². The summed E-state index contributed by atoms with van der Waals surface area (Å²) in [5.74, 6) is -1.02. The second-order valence-electron chi connectivity index (χ2n) is 4.59. The third-order valence-electron chi connectivity index (χ3n) is 2.08. The van der Waals surface area contributed by atoms with E-state index in [1.54, 1.807) is 4.68 Å². The molecule has 6 heteroatoms. The fourth-order valence-corrected chi connectivity index (χ4v) is 1.14. The van der Waals surface area contributed by atoms with Crippen molar-refractivity contribution in [1.82, 2.24) is 15.0 Å². The zero-order valence-electron chi connectivity index (χ0n) is 10.4. The van der Waals surface area contributed by atoms with E-state index in [9.17, 15) is 9.90 Å². The van der Waals surface area contributed by atoms with Crippen molar-refractivity contribution in [3.8, 4) is 0 Å². The summed E-state index contributed by atoms with van der Waals surface area (Å²) >= 11 is 0. The second-order valence-corrected chi connectivity index (χ2v) is 4.59. The molecule has 0 spiro atoms. The standard InChI is InChI=1S/C10H17N3O2.Na/c1-10(2,3)8-7-13(12-11-8)6-4-5-9(14)15;/h7H,4-6H2,1-3H3,(H,14,15);/q;+1/p-1. The molecule has 0 aliphatic rings. The van der Waals surface area contributed by atoms with Crippen LogP contribution in [0, 0.1) is 0 Å². The molecule has 0 radical (unpaired) electrons. The van der Waals surface area contributed by atoms with Gasteiger partial charge in [0.25, 0.3) is 0 Å². The summed E-state index contributed by atoms with van der Waals surface area (Å²) < 4.78 is 1.67. The monoisotopic (exact) mass is 233 g/mol. The number of aliphatic carboxylic acids is 1. The molecule has 1 heterocycles. The molecule has 1 rings (SSSR count). The molecule has 0 aliphatic carbocycles. The van der Waals surface area contributed by atoms with E-state index >= 15 is 0 Å². The van der Waals surface area contributed by atoms with Gasteiger partial charge in [-0.2, -0.15) is 0 Å². The molecule has 1 aromatic heterocycles. The van der Waals surface area contributed by atoms with Gasteiger partial charge in [0.2, 0.25) is 0 Å². The minimum Gasteiger partial charge on any atom is -0.550 e. The van der Waals surface area contributed by atoms with Gasteiger partial charge in [-0.3, -0.25) is 4.68 Å². The predicted molar refractivity (Wildman–Crippen MR) is 53.0 cm³/mol. The van der Waals surface area contributed by atoms with E-state index in [4.69, 9.17) is 0 Å². The van der Waals surface area contributed by atoms with Crippen LogP contribution in [-0.2, 0) is 16.8 Å². The molecule has 0 saturated heterocycles. The number of hydrogen-bond donors (Lipinski definition) is 0. The Morgan fingerprint density at radius 2 is 2.12 bits per heavy atom. The summed E-state index contributed by atoms with van der Waals surface area (Å²) in [5.41, 5.74) is 0.892. The molecule has 0 unspecified atom stereocenters. The van der Waals surface area contributed by atoms with Gasteiger partial charge in [-0.1, -0.05) is 26.0 Å². The Labute approximate surface area is 118 Å². The second kappa shape index (κ2) is 6.37. The first kappa shape index (κ1) is 15.6. The minimum absolute atomic E-state index is 0. The van der Waals surface area contributed by atoms with E-state index in [0.717, 1.165) is 5.69 Å². The molecular weight excluding hydrogens is 217 g/mol. The largest absolute Gasteiger partial charge is 1.00 e. The van der Waals surface area contributed by atoms with E-state index < -0.39 is 5.97 Å². The van der Waals surface area contributed by atoms with Crippen molar-refractivity contribution in [2.45, 2.75) is 45.6 Å². The summed E-state index contributed by atoms with van der Waals surface area (Å²) in [6.07, 6.45) is 2.44. The first-order valence-corrected chi connectivity index (χ1v) is 5.00. The number of hydrogen-bond acceptors (Lipinski definition) is 4. The maximum absolute atomic E-state index is 10.2. The molecule has 0 bridgehead atoms. The van der Waals surface area contributed by atoms with Crippen LogP contribution < -0.4 is 34.7 Å². The average molecular weight is 233 g/mol. The van der Waals surface area contributed by atoms with E-state index in [0.29, 0.717) is 13.0 Å². The number of aromatic nitrogens is 3. The Bertz CT molecular complexity index is 344. The Kier molecular flexibility index (Phi) is 6.22. The molecule has 1 aromatic rings. The molecule has 0 aromatic carbocycles. The van der Waals surface area contributed by atoms with Gasteiger partial charge < -0.3 is 9.90 Å². The Morgan fingerprint density at radius 3 is 2.56 bits per heavy atom. The number of carboxylic acids is 1. The van der Waals surface area contributed by atoms with Gasteiger partial charge in [0.05, 0.1) is 5.69 Å². The third-order valence-corrected chi connectivity index (χ3v) is 2.08. The van der Waals surface area contributed by atoms with Gasteiger partial charge >= 0.3 is 29.6 Å². The minimum atomic E-state index is -1.02. The third kappa shape index (κ3) is 5.09. The first-order chi connectivity index (χ1) is 6.89. The van der Waals surface area contributed by atoms with Crippen LogP contribution in [0.2, 0.25) is 0 Å². The quantitative estimate of drug-likeness (QED) is 0.523. The van der Waals surface area contributed by atoms with Crippen molar-refractivity contribution >= 4 is 5.97 Å². The predicted octanol–water partition coefficient (Wildman–Crippen LogP) is -2.89. The van der Waals surface area contributed by atoms with Crippen molar-refractivity contribution in [1.29, 1.82) is 0 Å². The fraction of sp³-hybridized carbons (Fsp3) is 0.700. The van der Waals surface area contributed by atoms with Crippen LogP contribution in [0.3, 0.4) is 0 Å². The van der Waals surface area contributed by atoms with Crippen LogP contribution in [0.1, 0.15) is 39.3 Å². The summed E-state index contributed by atoms with van der Waals surface area (Å²) in [6.45, 7) is 6.74. The molecule has 5 nitrogen and oxygen atoms in total. The van der Waals surface area contributed by atoms with Crippen LogP contribution in [0.25, 0.3) is 0 Å². The maximum Gasteiger partial charge on any atom is 1.00 e. The SMILES string of the molecule is CC(C)(C)c1cn(CCCC(=O)[O-])nn1.[Na+]. The number of rotatable bonds is 4. The van der Waals surface area contributed by atoms with Crippen molar-refractivity contribution in [2.24, 2.45) is 0 Å². The first-order valence-electron chi connectivity index (χ1n) is 5.00. The van der Waals surface area contributed by atoms with Crippen LogP contribution in [-0.4, -0.2) is 21.0 Å². The average Bonchev–Trinajstić information content (AvgIpc) is 2.51. The normalized spacial score (nSPS) is 10.9. The molecule has 0 atom stereocenters. The smallest absolute Gasteiger partial charge is 0.550 e. The number of carbonyl (C=O) groups excluding carboxylic acids is 1. The zero-order valence-corrected chi connectivity index (χ0v) is 12.4. The maximum atomic E-state index is 10.2. The van der Waals surface area contributed by atoms with Crippen molar-refractivity contribution < 1.29 is 39.5 Å². The molecule has 0 aliphatic heterocycles. The number of carboxylic acid groups (broad SMARTS) is 1. The summed E-state index contributed by atoms with van der Waals surface area (Å²) in [6, 6.07) is 0. The van der Waals surface area contributed by atoms with E-state index in [1.165, 1.54) is 0 Å². The Morgan fingerprint density at radius 1 is 1.50 bits per heavy atom. The number of nitrogens with zero attached hydrogens (tertiary/aromatic N) is 3. The molecule has 84 valence electrons. The van der Waals surface area contributed by atoms with Crippen molar-refractivity contribution in [3.63, 3.8) is 0 Å². The summed E-state index contributed by atoms with van der Waals surface area (Å²) in [7, 11) is 0. The van der Waals surface area contributed by atoms with E-state index in [2.05, 4.69) is 31.1 Å². The summed E-state index contributed by atoms with van der Waals surface area (Å²) in [5, 5.41) is 18.2. The fourth-order valence-electron chi connectivity index (χ4n) is 1.14.